The zero-order chi connectivity index (χ0) is 14.5. The van der Waals surface area contributed by atoms with Gasteiger partial charge in [-0.1, -0.05) is 12.1 Å². The lowest BCUT2D eigenvalue weighted by Gasteiger charge is -2.03. The van der Waals surface area contributed by atoms with Gasteiger partial charge in [-0.25, -0.2) is 4.98 Å². The van der Waals surface area contributed by atoms with Crippen molar-refractivity contribution in [2.75, 3.05) is 10.7 Å². The maximum Gasteiger partial charge on any atom is 0.235 e. The molecule has 2 amide bonds. The third-order valence-electron chi connectivity index (χ3n) is 2.35. The molecule has 104 valence electrons. The van der Waals surface area contributed by atoms with E-state index < -0.39 is 0 Å². The minimum Gasteiger partial charge on any atom is -0.326 e. The number of amides is 2. The predicted molar refractivity (Wildman–Crippen MR) is 79.3 cm³/mol. The Labute approximate surface area is 120 Å². The van der Waals surface area contributed by atoms with Gasteiger partial charge in [-0.2, -0.15) is 0 Å². The van der Waals surface area contributed by atoms with Crippen LogP contribution in [0, 0.1) is 0 Å². The third kappa shape index (κ3) is 3.79. The zero-order valence-electron chi connectivity index (χ0n) is 11.1. The minimum absolute atomic E-state index is 0.104. The molecule has 0 unspecified atom stereocenters. The molecule has 0 spiro atoms. The molecule has 0 bridgehead atoms. The summed E-state index contributed by atoms with van der Waals surface area (Å²) in [6.45, 7) is 2.89. The molecule has 1 aromatic heterocycles. The Kier molecular flexibility index (Phi) is 4.31. The van der Waals surface area contributed by atoms with Gasteiger partial charge in [0.2, 0.25) is 16.9 Å². The maximum atomic E-state index is 10.9. The first-order valence-electron chi connectivity index (χ1n) is 5.91. The van der Waals surface area contributed by atoms with Gasteiger partial charge in [0.15, 0.2) is 0 Å². The van der Waals surface area contributed by atoms with Gasteiger partial charge in [-0.05, 0) is 12.1 Å². The molecule has 7 heteroatoms. The third-order valence-corrected chi connectivity index (χ3v) is 3.11. The number of hydrogen-bond donors (Lipinski definition) is 3. The number of benzene rings is 1. The lowest BCUT2D eigenvalue weighted by Crippen LogP contribution is -2.26. The quantitative estimate of drug-likeness (QED) is 0.754. The average Bonchev–Trinajstić information content (AvgIpc) is 2.85. The van der Waals surface area contributed by atoms with E-state index >= 15 is 0 Å². The van der Waals surface area contributed by atoms with Crippen molar-refractivity contribution in [1.29, 1.82) is 0 Å². The van der Waals surface area contributed by atoms with E-state index in [4.69, 9.17) is 0 Å². The molecule has 1 aromatic carbocycles. The molecule has 1 heterocycles. The highest BCUT2D eigenvalue weighted by Crippen LogP contribution is 2.25. The zero-order valence-corrected chi connectivity index (χ0v) is 11.9. The number of carbonyl (C=O) groups is 2. The molecule has 0 atom stereocenters. The van der Waals surface area contributed by atoms with E-state index in [-0.39, 0.29) is 11.8 Å². The molecule has 0 aliphatic carbocycles. The first-order valence-corrected chi connectivity index (χ1v) is 6.78. The summed E-state index contributed by atoms with van der Waals surface area (Å²) in [7, 11) is 0. The highest BCUT2D eigenvalue weighted by Gasteiger charge is 2.05. The van der Waals surface area contributed by atoms with Crippen molar-refractivity contribution in [2.24, 2.45) is 0 Å². The van der Waals surface area contributed by atoms with E-state index in [0.29, 0.717) is 5.13 Å². The lowest BCUT2D eigenvalue weighted by molar-refractivity contribution is -0.118. The molecule has 0 fully saturated rings. The van der Waals surface area contributed by atoms with E-state index in [0.717, 1.165) is 16.9 Å². The van der Waals surface area contributed by atoms with Gasteiger partial charge in [-0.15, -0.1) is 11.3 Å². The van der Waals surface area contributed by atoms with Crippen LogP contribution in [0.25, 0.3) is 11.3 Å². The second kappa shape index (κ2) is 6.16. The van der Waals surface area contributed by atoms with Crippen LogP contribution in [0.4, 0.5) is 10.8 Å². The Balaban J connectivity index is 2.07. The van der Waals surface area contributed by atoms with Crippen LogP contribution in [0.5, 0.6) is 0 Å². The van der Waals surface area contributed by atoms with E-state index in [1.165, 1.54) is 25.2 Å². The largest absolute Gasteiger partial charge is 0.326 e. The average molecular weight is 290 g/mol. The molecule has 0 radical (unpaired) electrons. The number of hydrazine groups is 1. The van der Waals surface area contributed by atoms with E-state index in [1.54, 1.807) is 0 Å². The molecule has 2 aromatic rings. The van der Waals surface area contributed by atoms with Crippen molar-refractivity contribution < 1.29 is 9.59 Å². The van der Waals surface area contributed by atoms with Crippen LogP contribution in [0.15, 0.2) is 29.6 Å². The highest BCUT2D eigenvalue weighted by atomic mass is 32.1. The number of aromatic nitrogens is 1. The maximum absolute atomic E-state index is 10.9. The second-order valence-electron chi connectivity index (χ2n) is 4.10. The summed E-state index contributed by atoms with van der Waals surface area (Å²) in [5.74, 6) is -0.283. The van der Waals surface area contributed by atoms with Crippen LogP contribution >= 0.6 is 11.3 Å². The van der Waals surface area contributed by atoms with Gasteiger partial charge in [-0.3, -0.25) is 20.4 Å². The molecular formula is C13H14N4O2S. The summed E-state index contributed by atoms with van der Waals surface area (Å²) in [4.78, 5) is 26.1. The molecule has 0 saturated heterocycles. The molecule has 2 rings (SSSR count). The Bertz CT molecular complexity index is 622. The Morgan fingerprint density at radius 2 is 1.80 bits per heavy atom. The first-order chi connectivity index (χ1) is 9.54. The molecule has 20 heavy (non-hydrogen) atoms. The number of nitrogens with zero attached hydrogens (tertiary/aromatic N) is 1. The monoisotopic (exact) mass is 290 g/mol. The number of hydrogen-bond acceptors (Lipinski definition) is 5. The summed E-state index contributed by atoms with van der Waals surface area (Å²) < 4.78 is 0. The first kappa shape index (κ1) is 14.0. The van der Waals surface area contributed by atoms with Gasteiger partial charge in [0.05, 0.1) is 5.69 Å². The van der Waals surface area contributed by atoms with Gasteiger partial charge in [0.25, 0.3) is 0 Å². The van der Waals surface area contributed by atoms with E-state index in [2.05, 4.69) is 21.2 Å². The van der Waals surface area contributed by atoms with Gasteiger partial charge < -0.3 is 5.32 Å². The summed E-state index contributed by atoms with van der Waals surface area (Å²) in [6, 6.07) is 7.39. The topological polar surface area (TPSA) is 83.1 Å². The normalized spacial score (nSPS) is 9.90. The van der Waals surface area contributed by atoms with E-state index in [1.807, 2.05) is 29.6 Å². The standard InChI is InChI=1S/C13H14N4O2S/c1-8(18)14-11-5-3-10(4-6-11)12-7-20-13(15-12)17-16-9(2)19/h3-7H,1-2H3,(H,14,18)(H,15,17)(H,16,19). The van der Waals surface area contributed by atoms with E-state index in [9.17, 15) is 9.59 Å². The number of rotatable bonds is 4. The van der Waals surface area contributed by atoms with Crippen LogP contribution in [0.3, 0.4) is 0 Å². The molecule has 6 nitrogen and oxygen atoms in total. The van der Waals surface area contributed by atoms with Crippen LogP contribution in [-0.4, -0.2) is 16.8 Å². The summed E-state index contributed by atoms with van der Waals surface area (Å²) in [5, 5.41) is 5.20. The predicted octanol–water partition coefficient (Wildman–Crippen LogP) is 2.23. The van der Waals surface area contributed by atoms with Gasteiger partial charge >= 0.3 is 0 Å². The fourth-order valence-electron chi connectivity index (χ4n) is 1.53. The number of anilines is 2. The fourth-order valence-corrected chi connectivity index (χ4v) is 2.21. The summed E-state index contributed by atoms with van der Waals surface area (Å²) in [5.41, 5.74) is 7.67. The van der Waals surface area contributed by atoms with Crippen molar-refractivity contribution in [2.45, 2.75) is 13.8 Å². The van der Waals surface area contributed by atoms with Gasteiger partial charge in [0, 0.05) is 30.5 Å². The second-order valence-corrected chi connectivity index (χ2v) is 4.96. The number of thiazole rings is 1. The Morgan fingerprint density at radius 3 is 2.40 bits per heavy atom. The van der Waals surface area contributed by atoms with Crippen molar-refractivity contribution in [1.82, 2.24) is 10.4 Å². The molecule has 0 saturated carbocycles. The number of nitrogens with one attached hydrogen (secondary N) is 3. The molecule has 0 aliphatic rings. The van der Waals surface area contributed by atoms with Crippen LogP contribution < -0.4 is 16.2 Å². The van der Waals surface area contributed by atoms with Crippen molar-refractivity contribution in [3.8, 4) is 11.3 Å². The lowest BCUT2D eigenvalue weighted by atomic mass is 10.1. The fraction of sp³-hybridized carbons (Fsp3) is 0.154. The summed E-state index contributed by atoms with van der Waals surface area (Å²) >= 11 is 1.39. The van der Waals surface area contributed by atoms with Crippen LogP contribution in [-0.2, 0) is 9.59 Å². The Morgan fingerprint density at radius 1 is 1.10 bits per heavy atom. The van der Waals surface area contributed by atoms with Crippen molar-refractivity contribution in [3.05, 3.63) is 29.6 Å². The van der Waals surface area contributed by atoms with Crippen LogP contribution in [0.2, 0.25) is 0 Å². The van der Waals surface area contributed by atoms with Crippen LogP contribution in [0.1, 0.15) is 13.8 Å². The molecule has 0 aliphatic heterocycles. The van der Waals surface area contributed by atoms with Gasteiger partial charge in [0.1, 0.15) is 0 Å². The minimum atomic E-state index is -0.179. The number of carbonyl (C=O) groups excluding carboxylic acids is 2. The summed E-state index contributed by atoms with van der Waals surface area (Å²) in [6.07, 6.45) is 0. The SMILES string of the molecule is CC(=O)NNc1nc(-c2ccc(NC(C)=O)cc2)cs1. The molecular weight excluding hydrogens is 276 g/mol. The highest BCUT2D eigenvalue weighted by molar-refractivity contribution is 7.14. The molecule has 3 N–H and O–H groups in total. The van der Waals surface area contributed by atoms with Crippen molar-refractivity contribution in [3.63, 3.8) is 0 Å². The Hall–Kier alpha value is -2.41. The van der Waals surface area contributed by atoms with Crippen molar-refractivity contribution >= 4 is 34.0 Å². The smallest absolute Gasteiger partial charge is 0.235 e.